The number of nitrogens with zero attached hydrogens (tertiary/aromatic N) is 2. The van der Waals surface area contributed by atoms with Crippen molar-refractivity contribution in [2.45, 2.75) is 6.92 Å². The van der Waals surface area contributed by atoms with Gasteiger partial charge >= 0.3 is 0 Å². The number of non-ortho nitro benzene ring substituents is 2. The first-order chi connectivity index (χ1) is 19.6. The van der Waals surface area contributed by atoms with Crippen LogP contribution in [0.3, 0.4) is 0 Å². The lowest BCUT2D eigenvalue weighted by molar-refractivity contribution is -0.385. The van der Waals surface area contributed by atoms with Crippen molar-refractivity contribution in [2.24, 2.45) is 0 Å². The molecule has 0 aromatic heterocycles. The number of hydrogen-bond donors (Lipinski definition) is 2. The molecule has 0 saturated carbocycles. The molecular formula is C28H26N4O9. The van der Waals surface area contributed by atoms with Crippen LogP contribution in [0.15, 0.2) is 84.9 Å². The van der Waals surface area contributed by atoms with Crippen molar-refractivity contribution >= 4 is 28.7 Å². The van der Waals surface area contributed by atoms with E-state index in [4.69, 9.17) is 24.7 Å². The third kappa shape index (κ3) is 8.58. The number of nitrogens with one attached hydrogen (secondary N) is 1. The fourth-order valence-corrected chi connectivity index (χ4v) is 3.34. The predicted octanol–water partition coefficient (Wildman–Crippen LogP) is 6.33. The summed E-state index contributed by atoms with van der Waals surface area (Å²) in [4.78, 5) is 31.3. The van der Waals surface area contributed by atoms with Gasteiger partial charge in [-0.2, -0.15) is 0 Å². The molecule has 1 amide bonds. The van der Waals surface area contributed by atoms with E-state index in [0.29, 0.717) is 45.9 Å². The molecule has 0 atom stereocenters. The first-order valence-electron chi connectivity index (χ1n) is 11.8. The summed E-state index contributed by atoms with van der Waals surface area (Å²) < 4.78 is 21.6. The minimum absolute atomic E-state index is 0.00638. The number of anilines is 2. The van der Waals surface area contributed by atoms with Crippen LogP contribution in [0.25, 0.3) is 0 Å². The molecular weight excluding hydrogens is 536 g/mol. The fraction of sp³-hybridized carbons (Fsp3) is 0.107. The Bertz CT molecular complexity index is 1530. The van der Waals surface area contributed by atoms with Crippen LogP contribution in [-0.2, 0) is 4.79 Å². The number of benzene rings is 4. The number of nitro groups is 2. The van der Waals surface area contributed by atoms with Gasteiger partial charge in [-0.3, -0.25) is 25.0 Å². The monoisotopic (exact) mass is 562 g/mol. The van der Waals surface area contributed by atoms with Crippen molar-refractivity contribution < 1.29 is 33.6 Å². The fourth-order valence-electron chi connectivity index (χ4n) is 3.34. The number of ether oxygens (including phenoxy) is 4. The Morgan fingerprint density at radius 3 is 1.54 bits per heavy atom. The Labute approximate surface area is 234 Å². The topological polar surface area (TPSA) is 178 Å². The van der Waals surface area contributed by atoms with Crippen LogP contribution < -0.4 is 30.0 Å². The summed E-state index contributed by atoms with van der Waals surface area (Å²) in [5.74, 6) is 2.55. The third-order valence-corrected chi connectivity index (χ3v) is 5.22. The van der Waals surface area contributed by atoms with E-state index in [1.165, 1.54) is 69.7 Å². The largest absolute Gasteiger partial charge is 0.493 e. The third-order valence-electron chi connectivity index (χ3n) is 5.22. The van der Waals surface area contributed by atoms with Crippen molar-refractivity contribution in [3.8, 4) is 34.5 Å². The molecule has 0 aliphatic carbocycles. The molecule has 0 spiro atoms. The lowest BCUT2D eigenvalue weighted by Gasteiger charge is -2.12. The van der Waals surface area contributed by atoms with Gasteiger partial charge in [-0.05, 0) is 48.5 Å². The molecule has 0 aliphatic heterocycles. The van der Waals surface area contributed by atoms with Crippen molar-refractivity contribution in [3.63, 3.8) is 0 Å². The summed E-state index contributed by atoms with van der Waals surface area (Å²) in [6.45, 7) is 1.40. The van der Waals surface area contributed by atoms with Crippen molar-refractivity contribution in [3.05, 3.63) is 105 Å². The van der Waals surface area contributed by atoms with Crippen LogP contribution in [0, 0.1) is 20.2 Å². The Morgan fingerprint density at radius 1 is 0.683 bits per heavy atom. The second-order valence-electron chi connectivity index (χ2n) is 8.16. The van der Waals surface area contributed by atoms with Crippen molar-refractivity contribution in [1.29, 1.82) is 0 Å². The van der Waals surface area contributed by atoms with Crippen LogP contribution in [-0.4, -0.2) is 30.0 Å². The van der Waals surface area contributed by atoms with Gasteiger partial charge < -0.3 is 30.0 Å². The molecule has 0 radical (unpaired) electrons. The van der Waals surface area contributed by atoms with Gasteiger partial charge in [-0.25, -0.2) is 0 Å². The number of hydrogen-bond acceptors (Lipinski definition) is 10. The summed E-state index contributed by atoms with van der Waals surface area (Å²) in [6.07, 6.45) is 0. The van der Waals surface area contributed by atoms with E-state index in [9.17, 15) is 25.0 Å². The van der Waals surface area contributed by atoms with E-state index >= 15 is 0 Å². The smallest absolute Gasteiger partial charge is 0.269 e. The zero-order valence-corrected chi connectivity index (χ0v) is 22.2. The predicted molar refractivity (Wildman–Crippen MR) is 151 cm³/mol. The van der Waals surface area contributed by atoms with Gasteiger partial charge in [0.05, 0.1) is 24.1 Å². The minimum atomic E-state index is -0.484. The Balaban J connectivity index is 0.000000228. The summed E-state index contributed by atoms with van der Waals surface area (Å²) in [7, 11) is 3.02. The molecule has 4 rings (SSSR count). The number of amides is 1. The highest BCUT2D eigenvalue weighted by Gasteiger charge is 2.11. The molecule has 0 heterocycles. The number of rotatable bonds is 9. The number of methoxy groups -OCH3 is 2. The molecule has 41 heavy (non-hydrogen) atoms. The Hall–Kier alpha value is -5.85. The number of carbonyl (C=O) groups is 1. The van der Waals surface area contributed by atoms with Gasteiger partial charge in [0.15, 0.2) is 23.0 Å². The average molecular weight is 563 g/mol. The maximum absolute atomic E-state index is 11.1. The van der Waals surface area contributed by atoms with E-state index in [2.05, 4.69) is 5.32 Å². The zero-order chi connectivity index (χ0) is 29.9. The molecule has 4 aromatic rings. The lowest BCUT2D eigenvalue weighted by Crippen LogP contribution is -2.05. The van der Waals surface area contributed by atoms with E-state index in [1.807, 2.05) is 0 Å². The van der Waals surface area contributed by atoms with Crippen LogP contribution in [0.4, 0.5) is 22.7 Å². The van der Waals surface area contributed by atoms with Gasteiger partial charge in [0.1, 0.15) is 11.5 Å². The van der Waals surface area contributed by atoms with Gasteiger partial charge in [0, 0.05) is 54.7 Å². The first-order valence-corrected chi connectivity index (χ1v) is 11.8. The zero-order valence-electron chi connectivity index (χ0n) is 22.2. The first kappa shape index (κ1) is 29.7. The summed E-state index contributed by atoms with van der Waals surface area (Å²) in [6, 6.07) is 21.4. The minimum Gasteiger partial charge on any atom is -0.493 e. The Morgan fingerprint density at radius 2 is 1.12 bits per heavy atom. The van der Waals surface area contributed by atoms with Gasteiger partial charge in [0.2, 0.25) is 5.91 Å². The highest BCUT2D eigenvalue weighted by atomic mass is 16.6. The average Bonchev–Trinajstić information content (AvgIpc) is 2.94. The van der Waals surface area contributed by atoms with E-state index < -0.39 is 9.85 Å². The van der Waals surface area contributed by atoms with Crippen LogP contribution in [0.5, 0.6) is 34.5 Å². The molecule has 0 fully saturated rings. The molecule has 13 nitrogen and oxygen atoms in total. The van der Waals surface area contributed by atoms with Crippen molar-refractivity contribution in [1.82, 2.24) is 0 Å². The quantitative estimate of drug-likeness (QED) is 0.133. The second kappa shape index (κ2) is 13.8. The van der Waals surface area contributed by atoms with Gasteiger partial charge in [-0.1, -0.05) is 0 Å². The van der Waals surface area contributed by atoms with Crippen molar-refractivity contribution in [2.75, 3.05) is 25.3 Å². The number of carbonyl (C=O) groups excluding carboxylic acids is 1. The van der Waals surface area contributed by atoms with E-state index in [0.717, 1.165) is 0 Å². The summed E-state index contributed by atoms with van der Waals surface area (Å²) in [5.41, 5.74) is 6.76. The molecule has 0 bridgehead atoms. The van der Waals surface area contributed by atoms with Crippen LogP contribution in [0.2, 0.25) is 0 Å². The van der Waals surface area contributed by atoms with Crippen LogP contribution >= 0.6 is 0 Å². The molecule has 0 saturated heterocycles. The highest BCUT2D eigenvalue weighted by Crippen LogP contribution is 2.35. The van der Waals surface area contributed by atoms with E-state index in [-0.39, 0.29) is 17.3 Å². The van der Waals surface area contributed by atoms with Gasteiger partial charge in [0.25, 0.3) is 11.4 Å². The van der Waals surface area contributed by atoms with Gasteiger partial charge in [-0.15, -0.1) is 0 Å². The number of nitrogen functional groups attached to an aromatic ring is 1. The molecule has 0 unspecified atom stereocenters. The Kier molecular flexibility index (Phi) is 10.00. The lowest BCUT2D eigenvalue weighted by atomic mass is 10.2. The number of nitro benzene ring substituents is 2. The maximum atomic E-state index is 11.1. The van der Waals surface area contributed by atoms with E-state index in [1.54, 1.807) is 36.4 Å². The standard InChI is InChI=1S/C15H14N2O5.C13H12N2O4/c1-10(18)16-11-3-8-14(21-2)15(9-11)22-13-6-4-12(5-7-13)17(19)20;1-18-12-7-2-9(14)8-13(12)19-11-5-3-10(4-6-11)15(16)17/h3-9H,1-2H3,(H,16,18);2-8H,14H2,1H3. The molecule has 3 N–H and O–H groups in total. The molecule has 212 valence electrons. The molecule has 0 aliphatic rings. The summed E-state index contributed by atoms with van der Waals surface area (Å²) >= 11 is 0. The summed E-state index contributed by atoms with van der Waals surface area (Å²) in [5, 5.41) is 23.8. The molecule has 13 heteroatoms. The number of nitrogens with two attached hydrogens (primary N) is 1. The SMILES string of the molecule is COc1ccc(N)cc1Oc1ccc([N+](=O)[O-])cc1.COc1ccc(NC(C)=O)cc1Oc1ccc([N+](=O)[O-])cc1. The molecule has 4 aromatic carbocycles. The van der Waals surface area contributed by atoms with Crippen LogP contribution in [0.1, 0.15) is 6.92 Å². The second-order valence-corrected chi connectivity index (χ2v) is 8.16. The normalized spacial score (nSPS) is 9.93. The highest BCUT2D eigenvalue weighted by molar-refractivity contribution is 5.89. The maximum Gasteiger partial charge on any atom is 0.269 e.